The standard InChI is InChI=1S/C33H42FN7O6/c1-18(2)11-27(31(45)38-16-29(43)39-26(30(36)44)13-20-15-37-25-6-4-3-5-23(20)25)40-32(46)28-14-22(42)17-41(28)33(47)24(35)12-19-7-9-21(34)10-8-19/h3-10,15,18,22,24,26-28,37,42H,11-14,16-17,35H2,1-2H3,(H2,36,44)(H,38,45)(H,39,43)(H,40,46)/t22-,24+,26+,27+,28-/m1/s1. The first-order valence-corrected chi connectivity index (χ1v) is 15.5. The molecule has 4 rings (SSSR count). The zero-order valence-electron chi connectivity index (χ0n) is 26.4. The van der Waals surface area contributed by atoms with E-state index in [1.807, 2.05) is 38.1 Å². The second kappa shape index (κ2) is 15.6. The molecule has 2 aromatic carbocycles. The van der Waals surface area contributed by atoms with E-state index in [2.05, 4.69) is 20.9 Å². The van der Waals surface area contributed by atoms with Crippen molar-refractivity contribution in [3.63, 3.8) is 0 Å². The lowest BCUT2D eigenvalue weighted by Crippen LogP contribution is -2.56. The third kappa shape index (κ3) is 9.36. The molecule has 13 nitrogen and oxygen atoms in total. The fourth-order valence-corrected chi connectivity index (χ4v) is 5.73. The van der Waals surface area contributed by atoms with Gasteiger partial charge in [-0.2, -0.15) is 0 Å². The first-order valence-electron chi connectivity index (χ1n) is 15.5. The summed E-state index contributed by atoms with van der Waals surface area (Å²) in [7, 11) is 0. The van der Waals surface area contributed by atoms with Crippen LogP contribution in [0.4, 0.5) is 4.39 Å². The van der Waals surface area contributed by atoms with E-state index in [4.69, 9.17) is 11.5 Å². The average Bonchev–Trinajstić information content (AvgIpc) is 3.63. The van der Waals surface area contributed by atoms with Crippen molar-refractivity contribution in [1.82, 2.24) is 25.8 Å². The topological polar surface area (TPSA) is 213 Å². The van der Waals surface area contributed by atoms with Gasteiger partial charge in [-0.3, -0.25) is 24.0 Å². The molecule has 0 radical (unpaired) electrons. The maximum Gasteiger partial charge on any atom is 0.243 e. The van der Waals surface area contributed by atoms with Crippen LogP contribution in [0.5, 0.6) is 0 Å². The molecule has 1 aliphatic rings. The maximum atomic E-state index is 13.4. The number of nitrogens with two attached hydrogens (primary N) is 2. The summed E-state index contributed by atoms with van der Waals surface area (Å²) in [6.45, 7) is 3.11. The normalized spacial score (nSPS) is 18.0. The Morgan fingerprint density at radius 2 is 1.72 bits per heavy atom. The number of nitrogens with zero attached hydrogens (tertiary/aromatic N) is 1. The highest BCUT2D eigenvalue weighted by Gasteiger charge is 2.41. The molecule has 0 spiro atoms. The molecule has 9 N–H and O–H groups in total. The number of hydrogen-bond acceptors (Lipinski definition) is 7. The molecule has 0 saturated carbocycles. The van der Waals surface area contributed by atoms with Gasteiger partial charge in [0.05, 0.1) is 18.7 Å². The minimum absolute atomic E-state index is 0.0358. The molecule has 5 amide bonds. The number of carbonyl (C=O) groups is 5. The lowest BCUT2D eigenvalue weighted by molar-refractivity contribution is -0.140. The number of fused-ring (bicyclic) bond motifs is 1. The Labute approximate surface area is 271 Å². The molecule has 0 unspecified atom stereocenters. The van der Waals surface area contributed by atoms with Gasteiger partial charge in [0.1, 0.15) is 23.9 Å². The van der Waals surface area contributed by atoms with Crippen LogP contribution in [-0.4, -0.2) is 87.9 Å². The monoisotopic (exact) mass is 651 g/mol. The lowest BCUT2D eigenvalue weighted by atomic mass is 10.0. The summed E-state index contributed by atoms with van der Waals surface area (Å²) in [5.41, 5.74) is 14.0. The first kappa shape index (κ1) is 35.0. The quantitative estimate of drug-likeness (QED) is 0.127. The molecule has 1 fully saturated rings. The van der Waals surface area contributed by atoms with Crippen LogP contribution in [0.2, 0.25) is 0 Å². The number of aromatic nitrogens is 1. The number of likely N-dealkylation sites (tertiary alicyclic amines) is 1. The number of rotatable bonds is 14. The largest absolute Gasteiger partial charge is 0.391 e. The predicted molar refractivity (Wildman–Crippen MR) is 172 cm³/mol. The molecule has 0 bridgehead atoms. The van der Waals surface area contributed by atoms with Crippen molar-refractivity contribution in [2.75, 3.05) is 13.1 Å². The highest BCUT2D eigenvalue weighted by Crippen LogP contribution is 2.21. The molecule has 0 aliphatic carbocycles. The van der Waals surface area contributed by atoms with Gasteiger partial charge in [0.15, 0.2) is 0 Å². The fraction of sp³-hybridized carbons (Fsp3) is 0.424. The third-order valence-electron chi connectivity index (χ3n) is 8.09. The van der Waals surface area contributed by atoms with Gasteiger partial charge < -0.3 is 42.4 Å². The van der Waals surface area contributed by atoms with Crippen molar-refractivity contribution in [2.45, 2.75) is 69.8 Å². The second-order valence-corrected chi connectivity index (χ2v) is 12.3. The van der Waals surface area contributed by atoms with E-state index in [0.29, 0.717) is 5.56 Å². The summed E-state index contributed by atoms with van der Waals surface area (Å²) >= 11 is 0. The zero-order valence-corrected chi connectivity index (χ0v) is 26.4. The van der Waals surface area contributed by atoms with E-state index < -0.39 is 72.2 Å². The van der Waals surface area contributed by atoms with Gasteiger partial charge in [-0.25, -0.2) is 4.39 Å². The van der Waals surface area contributed by atoms with Crippen molar-refractivity contribution in [3.05, 3.63) is 71.7 Å². The fourth-order valence-electron chi connectivity index (χ4n) is 5.73. The van der Waals surface area contributed by atoms with Crippen LogP contribution in [0.25, 0.3) is 10.9 Å². The van der Waals surface area contributed by atoms with Crippen LogP contribution in [0.3, 0.4) is 0 Å². The number of halogens is 1. The van der Waals surface area contributed by atoms with Crippen LogP contribution in [0, 0.1) is 11.7 Å². The number of H-pyrrole nitrogens is 1. The van der Waals surface area contributed by atoms with Gasteiger partial charge in [0.25, 0.3) is 0 Å². The molecule has 1 aromatic heterocycles. The van der Waals surface area contributed by atoms with E-state index >= 15 is 0 Å². The van der Waals surface area contributed by atoms with E-state index in [1.54, 1.807) is 6.20 Å². The molecule has 3 aromatic rings. The number of para-hydroxylation sites is 1. The molecular weight excluding hydrogens is 609 g/mol. The molecule has 1 saturated heterocycles. The van der Waals surface area contributed by atoms with Crippen LogP contribution in [0.15, 0.2) is 54.7 Å². The number of amides is 5. The number of nitrogens with one attached hydrogen (secondary N) is 4. The van der Waals surface area contributed by atoms with Crippen molar-refractivity contribution < 1.29 is 33.5 Å². The second-order valence-electron chi connectivity index (χ2n) is 12.3. The Kier molecular flexibility index (Phi) is 11.7. The van der Waals surface area contributed by atoms with Crippen LogP contribution >= 0.6 is 0 Å². The Hall–Kier alpha value is -4.82. The van der Waals surface area contributed by atoms with Crippen LogP contribution < -0.4 is 27.4 Å². The SMILES string of the molecule is CC(C)C[C@H](NC(=O)[C@H]1C[C@@H](O)CN1C(=O)[C@@H](N)Cc1ccc(F)cc1)C(=O)NCC(=O)N[C@@H](Cc1c[nH]c2ccccc12)C(N)=O. The van der Waals surface area contributed by atoms with Crippen molar-refractivity contribution in [3.8, 4) is 0 Å². The minimum atomic E-state index is -1.08. The molecule has 1 aliphatic heterocycles. The smallest absolute Gasteiger partial charge is 0.243 e. The van der Waals surface area contributed by atoms with E-state index in [-0.39, 0.29) is 38.1 Å². The maximum absolute atomic E-state index is 13.4. The highest BCUT2D eigenvalue weighted by molar-refractivity contribution is 5.95. The number of β-amino-alcohol motifs (C(OH)–C–C–N with tert-alkyl or cyclic N) is 1. The summed E-state index contributed by atoms with van der Waals surface area (Å²) in [5.74, 6) is -3.71. The van der Waals surface area contributed by atoms with Gasteiger partial charge in [-0.1, -0.05) is 44.2 Å². The van der Waals surface area contributed by atoms with E-state index in [0.717, 1.165) is 16.5 Å². The van der Waals surface area contributed by atoms with Crippen molar-refractivity contribution in [1.29, 1.82) is 0 Å². The number of aliphatic hydroxyl groups is 1. The molecule has 14 heteroatoms. The average molecular weight is 652 g/mol. The summed E-state index contributed by atoms with van der Waals surface area (Å²) < 4.78 is 13.3. The number of aliphatic hydroxyl groups excluding tert-OH is 1. The van der Waals surface area contributed by atoms with Crippen molar-refractivity contribution >= 4 is 40.4 Å². The number of aromatic amines is 1. The Morgan fingerprint density at radius 1 is 1.02 bits per heavy atom. The molecule has 5 atom stereocenters. The van der Waals surface area contributed by atoms with Gasteiger partial charge in [-0.05, 0) is 48.1 Å². The number of hydrogen-bond donors (Lipinski definition) is 7. The zero-order chi connectivity index (χ0) is 34.2. The Morgan fingerprint density at radius 3 is 2.40 bits per heavy atom. The van der Waals surface area contributed by atoms with Gasteiger partial charge >= 0.3 is 0 Å². The molecule has 252 valence electrons. The molecule has 2 heterocycles. The summed E-state index contributed by atoms with van der Waals surface area (Å²) in [5, 5.41) is 19.0. The highest BCUT2D eigenvalue weighted by atomic mass is 19.1. The Bertz CT molecular complexity index is 1590. The third-order valence-corrected chi connectivity index (χ3v) is 8.09. The van der Waals surface area contributed by atoms with Crippen LogP contribution in [-0.2, 0) is 36.8 Å². The van der Waals surface area contributed by atoms with Crippen molar-refractivity contribution in [2.24, 2.45) is 17.4 Å². The number of carbonyl (C=O) groups excluding carboxylic acids is 5. The first-order chi connectivity index (χ1) is 22.3. The summed E-state index contributed by atoms with van der Waals surface area (Å²) in [6, 6.07) is 8.81. The predicted octanol–water partition coefficient (Wildman–Crippen LogP) is -0.00150. The van der Waals surface area contributed by atoms with E-state index in [1.165, 1.54) is 29.2 Å². The van der Waals surface area contributed by atoms with Crippen LogP contribution in [0.1, 0.15) is 37.8 Å². The molecule has 47 heavy (non-hydrogen) atoms. The van der Waals surface area contributed by atoms with E-state index in [9.17, 15) is 33.5 Å². The Balaban J connectivity index is 1.35. The molecular formula is C33H42FN7O6. The van der Waals surface area contributed by atoms with Gasteiger partial charge in [0.2, 0.25) is 29.5 Å². The number of benzene rings is 2. The number of primary amides is 1. The lowest BCUT2D eigenvalue weighted by Gasteiger charge is -2.28. The summed E-state index contributed by atoms with van der Waals surface area (Å²) in [4.78, 5) is 69.1. The van der Waals surface area contributed by atoms with Gasteiger partial charge in [-0.15, -0.1) is 0 Å². The van der Waals surface area contributed by atoms with Gasteiger partial charge in [0, 0.05) is 36.5 Å². The summed E-state index contributed by atoms with van der Waals surface area (Å²) in [6.07, 6.45) is 1.17. The minimum Gasteiger partial charge on any atom is -0.391 e.